The van der Waals surface area contributed by atoms with Crippen LogP contribution in [-0.4, -0.2) is 34.4 Å². The lowest BCUT2D eigenvalue weighted by molar-refractivity contribution is -0.117. The Morgan fingerprint density at radius 1 is 1.25 bits per heavy atom. The molecular formula is C11H13NO4. The van der Waals surface area contributed by atoms with E-state index in [1.165, 1.54) is 23.1 Å². The van der Waals surface area contributed by atoms with Crippen molar-refractivity contribution in [3.05, 3.63) is 18.2 Å². The van der Waals surface area contributed by atoms with Crippen LogP contribution in [0.1, 0.15) is 6.42 Å². The van der Waals surface area contributed by atoms with Crippen molar-refractivity contribution in [2.24, 2.45) is 5.92 Å². The smallest absolute Gasteiger partial charge is 0.227 e. The minimum atomic E-state index is -0.107. The van der Waals surface area contributed by atoms with E-state index >= 15 is 0 Å². The lowest BCUT2D eigenvalue weighted by atomic mass is 10.1. The minimum Gasteiger partial charge on any atom is -0.508 e. The number of carbonyl (C=O) groups is 1. The molecule has 0 saturated carbocycles. The zero-order valence-electron chi connectivity index (χ0n) is 8.63. The first-order valence-electron chi connectivity index (χ1n) is 5.04. The first kappa shape index (κ1) is 10.8. The number of amides is 1. The predicted molar refractivity (Wildman–Crippen MR) is 57.3 cm³/mol. The summed E-state index contributed by atoms with van der Waals surface area (Å²) in [7, 11) is 0. The summed E-state index contributed by atoms with van der Waals surface area (Å²) < 4.78 is 0. The monoisotopic (exact) mass is 223 g/mol. The molecule has 0 aliphatic carbocycles. The maximum Gasteiger partial charge on any atom is 0.227 e. The first-order chi connectivity index (χ1) is 7.60. The summed E-state index contributed by atoms with van der Waals surface area (Å²) in [5.74, 6) is -0.355. The molecule has 1 aliphatic heterocycles. The van der Waals surface area contributed by atoms with Crippen LogP contribution in [0.3, 0.4) is 0 Å². The van der Waals surface area contributed by atoms with Crippen LogP contribution in [0, 0.1) is 5.92 Å². The van der Waals surface area contributed by atoms with Crippen LogP contribution in [0.4, 0.5) is 5.69 Å². The molecule has 0 bridgehead atoms. The number of aliphatic hydroxyl groups excluding tert-OH is 1. The molecule has 1 saturated heterocycles. The topological polar surface area (TPSA) is 81.0 Å². The molecule has 86 valence electrons. The van der Waals surface area contributed by atoms with Crippen LogP contribution in [0.15, 0.2) is 18.2 Å². The summed E-state index contributed by atoms with van der Waals surface area (Å²) in [5, 5.41) is 27.6. The zero-order valence-corrected chi connectivity index (χ0v) is 8.63. The summed E-state index contributed by atoms with van der Waals surface area (Å²) in [6.45, 7) is 0.380. The van der Waals surface area contributed by atoms with Crippen molar-refractivity contribution in [2.45, 2.75) is 6.42 Å². The molecule has 1 amide bonds. The van der Waals surface area contributed by atoms with Crippen molar-refractivity contribution in [1.82, 2.24) is 0 Å². The molecule has 1 fully saturated rings. The maximum atomic E-state index is 11.6. The second-order valence-electron chi connectivity index (χ2n) is 3.96. The molecule has 1 heterocycles. The first-order valence-corrected chi connectivity index (χ1v) is 5.04. The van der Waals surface area contributed by atoms with Gasteiger partial charge in [0.2, 0.25) is 5.91 Å². The van der Waals surface area contributed by atoms with Gasteiger partial charge >= 0.3 is 0 Å². The number of anilines is 1. The lowest BCUT2D eigenvalue weighted by Crippen LogP contribution is -2.24. The molecule has 1 aromatic carbocycles. The molecule has 2 rings (SSSR count). The highest BCUT2D eigenvalue weighted by atomic mass is 16.3. The molecule has 1 atom stereocenters. The van der Waals surface area contributed by atoms with Gasteiger partial charge in [0.25, 0.3) is 0 Å². The molecule has 1 aliphatic rings. The van der Waals surface area contributed by atoms with Gasteiger partial charge in [-0.3, -0.25) is 4.79 Å². The SMILES string of the molecule is O=C1CC(CO)CN1c1cc(O)cc(O)c1. The summed E-state index contributed by atoms with van der Waals surface area (Å²) in [6.07, 6.45) is 0.299. The van der Waals surface area contributed by atoms with Crippen LogP contribution >= 0.6 is 0 Å². The number of hydrogen-bond acceptors (Lipinski definition) is 4. The van der Waals surface area contributed by atoms with Crippen LogP contribution in [0.5, 0.6) is 11.5 Å². The molecule has 0 radical (unpaired) electrons. The molecule has 5 heteroatoms. The van der Waals surface area contributed by atoms with Gasteiger partial charge in [-0.25, -0.2) is 0 Å². The van der Waals surface area contributed by atoms with Crippen molar-refractivity contribution in [1.29, 1.82) is 0 Å². The van der Waals surface area contributed by atoms with E-state index < -0.39 is 0 Å². The maximum absolute atomic E-state index is 11.6. The van der Waals surface area contributed by atoms with E-state index in [2.05, 4.69) is 0 Å². The third kappa shape index (κ3) is 1.94. The summed E-state index contributed by atoms with van der Waals surface area (Å²) >= 11 is 0. The molecule has 0 spiro atoms. The number of aromatic hydroxyl groups is 2. The lowest BCUT2D eigenvalue weighted by Gasteiger charge is -2.16. The van der Waals surface area contributed by atoms with E-state index in [4.69, 9.17) is 5.11 Å². The van der Waals surface area contributed by atoms with E-state index in [0.717, 1.165) is 0 Å². The van der Waals surface area contributed by atoms with E-state index in [0.29, 0.717) is 18.7 Å². The van der Waals surface area contributed by atoms with Gasteiger partial charge < -0.3 is 20.2 Å². The van der Waals surface area contributed by atoms with Crippen molar-refractivity contribution in [3.63, 3.8) is 0 Å². The molecule has 1 aromatic rings. The number of aliphatic hydroxyl groups is 1. The van der Waals surface area contributed by atoms with Gasteiger partial charge in [0, 0.05) is 43.7 Å². The quantitative estimate of drug-likeness (QED) is 0.679. The van der Waals surface area contributed by atoms with Crippen LogP contribution in [-0.2, 0) is 4.79 Å². The van der Waals surface area contributed by atoms with Crippen molar-refractivity contribution in [2.75, 3.05) is 18.1 Å². The number of hydrogen-bond donors (Lipinski definition) is 3. The molecule has 0 aromatic heterocycles. The Labute approximate surface area is 92.6 Å². The fourth-order valence-corrected chi connectivity index (χ4v) is 1.89. The average molecular weight is 223 g/mol. The molecule has 5 nitrogen and oxygen atoms in total. The van der Waals surface area contributed by atoms with Gasteiger partial charge in [-0.2, -0.15) is 0 Å². The molecule has 1 unspecified atom stereocenters. The van der Waals surface area contributed by atoms with Gasteiger partial charge in [-0.1, -0.05) is 0 Å². The van der Waals surface area contributed by atoms with Crippen molar-refractivity contribution in [3.8, 4) is 11.5 Å². The van der Waals surface area contributed by atoms with Crippen LogP contribution < -0.4 is 4.90 Å². The van der Waals surface area contributed by atoms with E-state index in [1.807, 2.05) is 0 Å². The van der Waals surface area contributed by atoms with Crippen LogP contribution in [0.25, 0.3) is 0 Å². The van der Waals surface area contributed by atoms with E-state index in [9.17, 15) is 15.0 Å². The van der Waals surface area contributed by atoms with E-state index in [1.54, 1.807) is 0 Å². The van der Waals surface area contributed by atoms with Gasteiger partial charge in [0.15, 0.2) is 0 Å². The van der Waals surface area contributed by atoms with Crippen molar-refractivity contribution >= 4 is 11.6 Å². The number of nitrogens with zero attached hydrogens (tertiary/aromatic N) is 1. The fraction of sp³-hybridized carbons (Fsp3) is 0.364. The number of benzene rings is 1. The Morgan fingerprint density at radius 2 is 1.88 bits per heavy atom. The molecular weight excluding hydrogens is 210 g/mol. The standard InChI is InChI=1S/C11H13NO4/c13-6-7-1-11(16)12(5-7)8-2-9(14)4-10(15)3-8/h2-4,7,13-15H,1,5-6H2. The second kappa shape index (κ2) is 4.02. The zero-order chi connectivity index (χ0) is 11.7. The Balaban J connectivity index is 2.27. The van der Waals surface area contributed by atoms with E-state index in [-0.39, 0.29) is 29.9 Å². The minimum absolute atomic E-state index is 0.0347. The number of phenolic OH excluding ortho intramolecular Hbond substituents is 2. The molecule has 16 heavy (non-hydrogen) atoms. The van der Waals surface area contributed by atoms with Crippen molar-refractivity contribution < 1.29 is 20.1 Å². The summed E-state index contributed by atoms with van der Waals surface area (Å²) in [5.41, 5.74) is 0.457. The average Bonchev–Trinajstić information content (AvgIpc) is 2.58. The Morgan fingerprint density at radius 3 is 2.38 bits per heavy atom. The third-order valence-corrected chi connectivity index (χ3v) is 2.66. The normalized spacial score (nSPS) is 20.4. The largest absolute Gasteiger partial charge is 0.508 e. The van der Waals surface area contributed by atoms with Gasteiger partial charge in [-0.05, 0) is 0 Å². The fourth-order valence-electron chi connectivity index (χ4n) is 1.89. The van der Waals surface area contributed by atoms with Crippen LogP contribution in [0.2, 0.25) is 0 Å². The summed E-state index contributed by atoms with van der Waals surface area (Å²) in [6, 6.07) is 4.03. The van der Waals surface area contributed by atoms with Gasteiger partial charge in [-0.15, -0.1) is 0 Å². The summed E-state index contributed by atoms with van der Waals surface area (Å²) in [4.78, 5) is 13.1. The van der Waals surface area contributed by atoms with Gasteiger partial charge in [0.1, 0.15) is 11.5 Å². The third-order valence-electron chi connectivity index (χ3n) is 2.66. The number of phenols is 2. The highest BCUT2D eigenvalue weighted by Gasteiger charge is 2.30. The number of rotatable bonds is 2. The molecule has 3 N–H and O–H groups in total. The predicted octanol–water partition coefficient (Wildman–Crippen LogP) is 0.443. The Kier molecular flexibility index (Phi) is 2.70. The highest BCUT2D eigenvalue weighted by Crippen LogP contribution is 2.31. The Bertz CT molecular complexity index is 398. The highest BCUT2D eigenvalue weighted by molar-refractivity contribution is 5.96. The number of carbonyl (C=O) groups excluding carboxylic acids is 1. The second-order valence-corrected chi connectivity index (χ2v) is 3.96. The Hall–Kier alpha value is -1.75. The van der Waals surface area contributed by atoms with Gasteiger partial charge in [0.05, 0.1) is 5.69 Å².